The van der Waals surface area contributed by atoms with E-state index in [1.54, 1.807) is 24.7 Å². The van der Waals surface area contributed by atoms with Gasteiger partial charge in [-0.1, -0.05) is 17.7 Å². The molecule has 154 valence electrons. The number of hydrogen-bond donors (Lipinski definition) is 0. The molecule has 0 unspecified atom stereocenters. The van der Waals surface area contributed by atoms with Crippen molar-refractivity contribution < 1.29 is 53.4 Å². The largest absolute Gasteiger partial charge is 0.370 e. The van der Waals surface area contributed by atoms with Crippen molar-refractivity contribution in [3.8, 4) is 16.9 Å². The molecule has 0 aliphatic heterocycles. The molecular formula is C21H14F3Ir2N3-2. The van der Waals surface area contributed by atoms with Crippen LogP contribution in [0.4, 0.5) is 13.2 Å². The van der Waals surface area contributed by atoms with E-state index in [-0.39, 0.29) is 40.2 Å². The summed E-state index contributed by atoms with van der Waals surface area (Å²) < 4.78 is 38.1. The number of rotatable bonds is 2. The molecule has 4 aromatic rings. The van der Waals surface area contributed by atoms with Gasteiger partial charge in [-0.05, 0) is 23.5 Å². The van der Waals surface area contributed by atoms with Crippen LogP contribution in [-0.4, -0.2) is 14.8 Å². The van der Waals surface area contributed by atoms with Gasteiger partial charge in [0.05, 0.1) is 0 Å². The van der Waals surface area contributed by atoms with Crippen molar-refractivity contribution >= 4 is 0 Å². The molecule has 0 bridgehead atoms. The van der Waals surface area contributed by atoms with Crippen molar-refractivity contribution in [2.75, 3.05) is 0 Å². The van der Waals surface area contributed by atoms with Crippen molar-refractivity contribution in [2.45, 2.75) is 6.18 Å². The van der Waals surface area contributed by atoms with E-state index in [0.717, 1.165) is 23.4 Å². The molecule has 0 fully saturated rings. The summed E-state index contributed by atoms with van der Waals surface area (Å²) >= 11 is 0. The second-order valence-corrected chi connectivity index (χ2v) is 5.40. The molecular weight excluding hydrogens is 736 g/mol. The van der Waals surface area contributed by atoms with E-state index in [1.807, 2.05) is 42.5 Å². The molecule has 2 radical (unpaired) electrons. The molecule has 0 aliphatic carbocycles. The Morgan fingerprint density at radius 1 is 0.828 bits per heavy atom. The van der Waals surface area contributed by atoms with Crippen LogP contribution in [0, 0.1) is 12.1 Å². The van der Waals surface area contributed by atoms with E-state index in [4.69, 9.17) is 0 Å². The van der Waals surface area contributed by atoms with Gasteiger partial charge in [0.2, 0.25) is 0 Å². The Balaban J connectivity index is 0.000000277. The molecule has 0 spiro atoms. The normalized spacial score (nSPS) is 10.0. The summed E-state index contributed by atoms with van der Waals surface area (Å²) in [7, 11) is 0. The van der Waals surface area contributed by atoms with Gasteiger partial charge in [0.1, 0.15) is 0 Å². The first-order chi connectivity index (χ1) is 13.0. The number of aromatic nitrogens is 3. The van der Waals surface area contributed by atoms with Crippen molar-refractivity contribution in [1.82, 2.24) is 14.8 Å². The van der Waals surface area contributed by atoms with E-state index < -0.39 is 11.7 Å². The summed E-state index contributed by atoms with van der Waals surface area (Å²) in [5.41, 5.74) is 1.78. The summed E-state index contributed by atoms with van der Waals surface area (Å²) in [5.74, 6) is 0. The molecule has 0 saturated carbocycles. The molecule has 0 saturated heterocycles. The molecule has 0 atom stereocenters. The topological polar surface area (TPSA) is 30.7 Å². The number of halogens is 3. The van der Waals surface area contributed by atoms with Crippen LogP contribution in [0.1, 0.15) is 5.56 Å². The van der Waals surface area contributed by atoms with Crippen LogP contribution in [0.5, 0.6) is 0 Å². The van der Waals surface area contributed by atoms with Crippen molar-refractivity contribution in [3.05, 3.63) is 103 Å². The molecule has 2 heterocycles. The first-order valence-corrected chi connectivity index (χ1v) is 8.01. The Morgan fingerprint density at radius 3 is 2.14 bits per heavy atom. The smallest absolute Gasteiger partial charge is 0.305 e. The quantitative estimate of drug-likeness (QED) is 0.263. The number of benzene rings is 2. The van der Waals surface area contributed by atoms with Crippen molar-refractivity contribution in [1.29, 1.82) is 0 Å². The predicted octanol–water partition coefficient (Wildman–Crippen LogP) is 5.24. The first kappa shape index (κ1) is 24.9. The number of pyridine rings is 1. The van der Waals surface area contributed by atoms with Crippen LogP contribution in [-0.2, 0) is 46.4 Å². The second-order valence-electron chi connectivity index (χ2n) is 5.40. The van der Waals surface area contributed by atoms with Crippen LogP contribution < -0.4 is 0 Å². The molecule has 8 heteroatoms. The fourth-order valence-electron chi connectivity index (χ4n) is 2.22. The van der Waals surface area contributed by atoms with Gasteiger partial charge < -0.3 is 4.98 Å². The molecule has 3 nitrogen and oxygen atoms in total. The maximum Gasteiger partial charge on any atom is 0.370 e. The Bertz CT molecular complexity index is 907. The van der Waals surface area contributed by atoms with Crippen LogP contribution in [0.25, 0.3) is 16.9 Å². The molecule has 4 rings (SSSR count). The molecule has 0 N–H and O–H groups in total. The van der Waals surface area contributed by atoms with Gasteiger partial charge in [0, 0.05) is 58.8 Å². The fraction of sp³-hybridized carbons (Fsp3) is 0.0476. The number of alkyl halides is 3. The summed E-state index contributed by atoms with van der Waals surface area (Å²) in [6.07, 6.45) is 0.653. The maximum absolute atomic E-state index is 12.2. The zero-order valence-electron chi connectivity index (χ0n) is 14.7. The second kappa shape index (κ2) is 11.8. The van der Waals surface area contributed by atoms with Gasteiger partial charge in [0.15, 0.2) is 0 Å². The van der Waals surface area contributed by atoms with Gasteiger partial charge in [-0.15, -0.1) is 42.0 Å². The van der Waals surface area contributed by atoms with Crippen LogP contribution >= 0.6 is 0 Å². The predicted molar refractivity (Wildman–Crippen MR) is 95.9 cm³/mol. The van der Waals surface area contributed by atoms with E-state index in [2.05, 4.69) is 22.2 Å². The van der Waals surface area contributed by atoms with Gasteiger partial charge in [-0.25, -0.2) is 0 Å². The van der Waals surface area contributed by atoms with Gasteiger partial charge in [-0.3, -0.25) is 4.68 Å². The summed E-state index contributed by atoms with van der Waals surface area (Å²) in [4.78, 5) is 4.22. The monoisotopic (exact) mass is 751 g/mol. The molecule has 0 aliphatic rings. The molecule has 2 aromatic carbocycles. The standard InChI is InChI=1S/C11H8N.C10H6F3N2.2Ir/c1-2-6-10(7-3-1)11-8-4-5-9-12-11;11-10(12,13)8-2-4-9(5-3-8)15-7-1-6-14-15;;/h1-6,8-9H;1-4,6-7H;;/q2*-1;;. The van der Waals surface area contributed by atoms with Crippen LogP contribution in [0.2, 0.25) is 0 Å². The van der Waals surface area contributed by atoms with E-state index in [1.165, 1.54) is 10.7 Å². The first-order valence-electron chi connectivity index (χ1n) is 8.01. The van der Waals surface area contributed by atoms with Gasteiger partial charge in [-0.2, -0.15) is 36.5 Å². The van der Waals surface area contributed by atoms with E-state index in [0.29, 0.717) is 5.69 Å². The third-order valence-corrected chi connectivity index (χ3v) is 3.52. The maximum atomic E-state index is 12.2. The molecule has 0 amide bonds. The third-order valence-electron chi connectivity index (χ3n) is 3.52. The van der Waals surface area contributed by atoms with E-state index >= 15 is 0 Å². The molecule has 29 heavy (non-hydrogen) atoms. The number of hydrogen-bond acceptors (Lipinski definition) is 2. The summed E-state index contributed by atoms with van der Waals surface area (Å²) in [6, 6.07) is 24.3. The Labute approximate surface area is 193 Å². The minimum absolute atomic E-state index is 0. The SMILES string of the molecule is FC(F)(F)c1c[c-]c(-n2cccn2)cc1.[Ir].[Ir].[c-]1ccccc1-c1ccccn1. The van der Waals surface area contributed by atoms with Crippen molar-refractivity contribution in [2.24, 2.45) is 0 Å². The third kappa shape index (κ3) is 7.33. The van der Waals surface area contributed by atoms with E-state index in [9.17, 15) is 13.2 Å². The zero-order valence-corrected chi connectivity index (χ0v) is 19.5. The minimum Gasteiger partial charge on any atom is -0.305 e. The Kier molecular flexibility index (Phi) is 10.1. The average molecular weight is 750 g/mol. The van der Waals surface area contributed by atoms with Gasteiger partial charge >= 0.3 is 6.18 Å². The van der Waals surface area contributed by atoms with Crippen molar-refractivity contribution in [3.63, 3.8) is 0 Å². The molecule has 2 aromatic heterocycles. The number of nitrogens with zero attached hydrogens (tertiary/aromatic N) is 3. The zero-order chi connectivity index (χ0) is 19.1. The average Bonchev–Trinajstić information content (AvgIpc) is 3.24. The summed E-state index contributed by atoms with van der Waals surface area (Å²) in [6.45, 7) is 0. The van der Waals surface area contributed by atoms with Crippen LogP contribution in [0.3, 0.4) is 0 Å². The minimum atomic E-state index is -4.32. The summed E-state index contributed by atoms with van der Waals surface area (Å²) in [5, 5.41) is 3.88. The van der Waals surface area contributed by atoms with Gasteiger partial charge in [0.25, 0.3) is 0 Å². The van der Waals surface area contributed by atoms with Crippen LogP contribution in [0.15, 0.2) is 85.3 Å². The Hall–Kier alpha value is -2.11. The Morgan fingerprint density at radius 2 is 1.62 bits per heavy atom. The fourth-order valence-corrected chi connectivity index (χ4v) is 2.22.